The highest BCUT2D eigenvalue weighted by Crippen LogP contribution is 2.26. The molecule has 0 radical (unpaired) electrons. The second-order valence-electron chi connectivity index (χ2n) is 9.25. The lowest BCUT2D eigenvalue weighted by molar-refractivity contribution is -0.136. The largest absolute Gasteiger partial charge is 0.355 e. The topological polar surface area (TPSA) is 78.7 Å². The Morgan fingerprint density at radius 1 is 1.26 bits per heavy atom. The SMILES string of the molecule is CCCCCC(C)N1CCC(NC(=O)c2cc(-c3ccc(F)cc3F)on2)C(C(=O)N(C)C)C1. The van der Waals surface area contributed by atoms with Crippen molar-refractivity contribution in [2.45, 2.75) is 58.0 Å². The van der Waals surface area contributed by atoms with Crippen molar-refractivity contribution in [3.05, 3.63) is 41.6 Å². The lowest BCUT2D eigenvalue weighted by Crippen LogP contribution is -2.57. The highest BCUT2D eigenvalue weighted by Gasteiger charge is 2.37. The molecule has 1 aromatic carbocycles. The highest BCUT2D eigenvalue weighted by atomic mass is 19.1. The van der Waals surface area contributed by atoms with Crippen LogP contribution in [0, 0.1) is 17.6 Å². The number of aromatic nitrogens is 1. The molecule has 2 aromatic rings. The maximum absolute atomic E-state index is 14.1. The fraction of sp³-hybridized carbons (Fsp3) is 0.560. The molecule has 0 spiro atoms. The van der Waals surface area contributed by atoms with Gasteiger partial charge in [-0.3, -0.25) is 14.5 Å². The molecule has 3 rings (SSSR count). The molecule has 1 aromatic heterocycles. The summed E-state index contributed by atoms with van der Waals surface area (Å²) in [5.74, 6) is -2.41. The summed E-state index contributed by atoms with van der Waals surface area (Å²) in [6.07, 6.45) is 5.23. The van der Waals surface area contributed by atoms with E-state index >= 15 is 0 Å². The third-order valence-corrected chi connectivity index (χ3v) is 6.51. The number of nitrogens with zero attached hydrogens (tertiary/aromatic N) is 3. The molecule has 2 heterocycles. The minimum atomic E-state index is -0.805. The summed E-state index contributed by atoms with van der Waals surface area (Å²) in [5.41, 5.74) is -0.0101. The Hall–Kier alpha value is -2.81. The van der Waals surface area contributed by atoms with Crippen LogP contribution in [-0.4, -0.2) is 66.0 Å². The second kappa shape index (κ2) is 11.6. The number of benzene rings is 1. The van der Waals surface area contributed by atoms with Crippen LogP contribution in [0.3, 0.4) is 0 Å². The maximum atomic E-state index is 14.1. The van der Waals surface area contributed by atoms with E-state index in [0.29, 0.717) is 19.0 Å². The Balaban J connectivity index is 1.70. The van der Waals surface area contributed by atoms with E-state index in [9.17, 15) is 18.4 Å². The number of carbonyl (C=O) groups is 2. The summed E-state index contributed by atoms with van der Waals surface area (Å²) in [4.78, 5) is 29.7. The van der Waals surface area contributed by atoms with Crippen LogP contribution in [0.1, 0.15) is 56.4 Å². The molecule has 1 aliphatic heterocycles. The quantitative estimate of drug-likeness (QED) is 0.552. The van der Waals surface area contributed by atoms with Gasteiger partial charge >= 0.3 is 0 Å². The Labute approximate surface area is 199 Å². The van der Waals surface area contributed by atoms with Crippen LogP contribution >= 0.6 is 0 Å². The van der Waals surface area contributed by atoms with Crippen molar-refractivity contribution in [1.29, 1.82) is 0 Å². The van der Waals surface area contributed by atoms with Crippen LogP contribution in [0.2, 0.25) is 0 Å². The average molecular weight is 477 g/mol. The third kappa shape index (κ3) is 6.20. The fourth-order valence-corrected chi connectivity index (χ4v) is 4.45. The van der Waals surface area contributed by atoms with Gasteiger partial charge < -0.3 is 14.7 Å². The van der Waals surface area contributed by atoms with Crippen LogP contribution in [0.25, 0.3) is 11.3 Å². The predicted molar refractivity (Wildman–Crippen MR) is 125 cm³/mol. The number of hydrogen-bond donors (Lipinski definition) is 1. The molecule has 1 N–H and O–H groups in total. The average Bonchev–Trinajstić information content (AvgIpc) is 3.29. The molecule has 186 valence electrons. The first-order chi connectivity index (χ1) is 16.2. The third-order valence-electron chi connectivity index (χ3n) is 6.51. The Morgan fingerprint density at radius 2 is 2.03 bits per heavy atom. The van der Waals surface area contributed by atoms with Crippen molar-refractivity contribution in [2.24, 2.45) is 5.92 Å². The number of amides is 2. The van der Waals surface area contributed by atoms with Crippen LogP contribution in [0.5, 0.6) is 0 Å². The molecule has 0 bridgehead atoms. The molecule has 0 aliphatic carbocycles. The van der Waals surface area contributed by atoms with Crippen LogP contribution in [0.15, 0.2) is 28.8 Å². The van der Waals surface area contributed by atoms with E-state index in [1.165, 1.54) is 25.0 Å². The van der Waals surface area contributed by atoms with Gasteiger partial charge in [0.25, 0.3) is 5.91 Å². The van der Waals surface area contributed by atoms with Crippen LogP contribution < -0.4 is 5.32 Å². The zero-order valence-electron chi connectivity index (χ0n) is 20.3. The standard InChI is InChI=1S/C25H34F2N4O3/c1-5-6-7-8-16(2)31-12-11-21(19(15-31)25(33)30(3)4)28-24(32)22-14-23(34-29-22)18-10-9-17(26)13-20(18)27/h9-10,13-14,16,19,21H,5-8,11-12,15H2,1-4H3,(H,28,32). The monoisotopic (exact) mass is 476 g/mol. The zero-order chi connectivity index (χ0) is 24.8. The van der Waals surface area contributed by atoms with Crippen LogP contribution in [0.4, 0.5) is 8.78 Å². The summed E-state index contributed by atoms with van der Waals surface area (Å²) in [5, 5.41) is 6.69. The first kappa shape index (κ1) is 25.8. The summed E-state index contributed by atoms with van der Waals surface area (Å²) >= 11 is 0. The van der Waals surface area contributed by atoms with E-state index in [4.69, 9.17) is 4.52 Å². The minimum Gasteiger partial charge on any atom is -0.355 e. The van der Waals surface area contributed by atoms with Gasteiger partial charge in [0.05, 0.1) is 11.5 Å². The van der Waals surface area contributed by atoms with Crippen molar-refractivity contribution in [3.8, 4) is 11.3 Å². The zero-order valence-corrected chi connectivity index (χ0v) is 20.3. The second-order valence-corrected chi connectivity index (χ2v) is 9.25. The van der Waals surface area contributed by atoms with Gasteiger partial charge in [0.2, 0.25) is 5.91 Å². The van der Waals surface area contributed by atoms with Crippen LogP contribution in [-0.2, 0) is 4.79 Å². The predicted octanol–water partition coefficient (Wildman–Crippen LogP) is 4.10. The molecule has 1 aliphatic rings. The van der Waals surface area contributed by atoms with E-state index in [-0.39, 0.29) is 34.9 Å². The Kier molecular flexibility index (Phi) is 8.77. The lowest BCUT2D eigenvalue weighted by atomic mass is 9.89. The molecule has 1 saturated heterocycles. The lowest BCUT2D eigenvalue weighted by Gasteiger charge is -2.41. The molecule has 34 heavy (non-hydrogen) atoms. The van der Waals surface area contributed by atoms with Gasteiger partial charge in [-0.2, -0.15) is 0 Å². The maximum Gasteiger partial charge on any atom is 0.273 e. The van der Waals surface area contributed by atoms with Crippen molar-refractivity contribution in [2.75, 3.05) is 27.2 Å². The number of halogens is 2. The number of hydrogen-bond acceptors (Lipinski definition) is 5. The van der Waals surface area contributed by atoms with Crippen molar-refractivity contribution < 1.29 is 22.9 Å². The summed E-state index contributed by atoms with van der Waals surface area (Å²) in [6.45, 7) is 5.72. The molecule has 2 amide bonds. The Morgan fingerprint density at radius 3 is 2.71 bits per heavy atom. The number of piperidine rings is 1. The van der Waals surface area contributed by atoms with E-state index in [0.717, 1.165) is 31.5 Å². The molecule has 0 saturated carbocycles. The normalized spacial score (nSPS) is 19.6. The number of unbranched alkanes of at least 4 members (excludes halogenated alkanes) is 2. The van der Waals surface area contributed by atoms with Crippen molar-refractivity contribution in [3.63, 3.8) is 0 Å². The van der Waals surface area contributed by atoms with Gasteiger partial charge in [0.1, 0.15) is 11.6 Å². The number of likely N-dealkylation sites (tertiary alicyclic amines) is 1. The van der Waals surface area contributed by atoms with Gasteiger partial charge in [0.15, 0.2) is 11.5 Å². The summed E-state index contributed by atoms with van der Waals surface area (Å²) in [6, 6.07) is 4.41. The van der Waals surface area contributed by atoms with Gasteiger partial charge in [-0.15, -0.1) is 0 Å². The van der Waals surface area contributed by atoms with Gasteiger partial charge in [0, 0.05) is 51.4 Å². The van der Waals surface area contributed by atoms with Gasteiger partial charge in [-0.1, -0.05) is 31.3 Å². The first-order valence-corrected chi connectivity index (χ1v) is 11.9. The first-order valence-electron chi connectivity index (χ1n) is 11.9. The highest BCUT2D eigenvalue weighted by molar-refractivity contribution is 5.94. The number of nitrogens with one attached hydrogen (secondary N) is 1. The van der Waals surface area contributed by atoms with E-state index in [2.05, 4.69) is 29.2 Å². The molecule has 1 fully saturated rings. The molecular weight excluding hydrogens is 442 g/mol. The summed E-state index contributed by atoms with van der Waals surface area (Å²) < 4.78 is 32.4. The fourth-order valence-electron chi connectivity index (χ4n) is 4.45. The molecular formula is C25H34F2N4O3. The molecule has 9 heteroatoms. The summed E-state index contributed by atoms with van der Waals surface area (Å²) in [7, 11) is 3.43. The Bertz CT molecular complexity index is 994. The molecule has 7 nitrogen and oxygen atoms in total. The van der Waals surface area contributed by atoms with E-state index < -0.39 is 17.5 Å². The smallest absolute Gasteiger partial charge is 0.273 e. The van der Waals surface area contributed by atoms with E-state index in [1.54, 1.807) is 19.0 Å². The number of carbonyl (C=O) groups excluding carboxylic acids is 2. The van der Waals surface area contributed by atoms with Crippen molar-refractivity contribution in [1.82, 2.24) is 20.3 Å². The van der Waals surface area contributed by atoms with E-state index in [1.807, 2.05) is 0 Å². The van der Waals surface area contributed by atoms with Gasteiger partial charge in [-0.05, 0) is 31.9 Å². The van der Waals surface area contributed by atoms with Crippen molar-refractivity contribution >= 4 is 11.8 Å². The van der Waals surface area contributed by atoms with Gasteiger partial charge in [-0.25, -0.2) is 8.78 Å². The molecule has 3 atom stereocenters. The minimum absolute atomic E-state index is 0.0129. The number of rotatable bonds is 9. The molecule has 3 unspecified atom stereocenters.